The Kier molecular flexibility index (Phi) is 3.65. The Morgan fingerprint density at radius 2 is 2.14 bits per heavy atom. The zero-order valence-corrected chi connectivity index (χ0v) is 11.9. The van der Waals surface area contributed by atoms with Gasteiger partial charge in [0.05, 0.1) is 11.9 Å². The second-order valence-corrected chi connectivity index (χ2v) is 5.27. The molecule has 0 atom stereocenters. The summed E-state index contributed by atoms with van der Waals surface area (Å²) in [7, 11) is 0. The molecule has 0 aliphatic rings. The number of rotatable bonds is 4. The fourth-order valence-corrected chi connectivity index (χ4v) is 2.38. The predicted octanol–water partition coefficient (Wildman–Crippen LogP) is 1.84. The maximum Gasteiger partial charge on any atom is 0.271 e. The van der Waals surface area contributed by atoms with Crippen LogP contribution in [0.3, 0.4) is 0 Å². The fourth-order valence-electron chi connectivity index (χ4n) is 1.84. The van der Waals surface area contributed by atoms with Gasteiger partial charge < -0.3 is 11.1 Å². The van der Waals surface area contributed by atoms with Gasteiger partial charge in [-0.25, -0.2) is 9.67 Å². The lowest BCUT2D eigenvalue weighted by Gasteiger charge is -2.01. The highest BCUT2D eigenvalue weighted by atomic mass is 32.1. The molecule has 3 N–H and O–H groups in total. The molecule has 1 amide bonds. The van der Waals surface area contributed by atoms with Gasteiger partial charge in [-0.2, -0.15) is 5.10 Å². The summed E-state index contributed by atoms with van der Waals surface area (Å²) >= 11 is 1.25. The van der Waals surface area contributed by atoms with Crippen LogP contribution in [-0.4, -0.2) is 20.7 Å². The zero-order valence-electron chi connectivity index (χ0n) is 11.1. The van der Waals surface area contributed by atoms with Crippen LogP contribution in [0, 0.1) is 0 Å². The highest BCUT2D eigenvalue weighted by Gasteiger charge is 2.09. The molecule has 0 aliphatic carbocycles. The largest absolute Gasteiger partial charge is 0.375 e. The van der Waals surface area contributed by atoms with Crippen molar-refractivity contribution in [2.24, 2.45) is 0 Å². The summed E-state index contributed by atoms with van der Waals surface area (Å²) < 4.78 is 1.77. The molecule has 106 valence electrons. The average Bonchev–Trinajstić information content (AvgIpc) is 3.15. The molecule has 2 aromatic heterocycles. The zero-order chi connectivity index (χ0) is 14.7. The maximum atomic E-state index is 11.9. The van der Waals surface area contributed by atoms with E-state index < -0.39 is 0 Å². The highest BCUT2D eigenvalue weighted by molar-refractivity contribution is 7.13. The number of carbonyl (C=O) groups excluding carboxylic acids is 1. The lowest BCUT2D eigenvalue weighted by Crippen LogP contribution is -2.22. The molecule has 0 radical (unpaired) electrons. The first-order valence-electron chi connectivity index (χ1n) is 6.30. The van der Waals surface area contributed by atoms with Crippen molar-refractivity contribution in [3.8, 4) is 5.69 Å². The van der Waals surface area contributed by atoms with Gasteiger partial charge in [0.1, 0.15) is 5.69 Å². The minimum atomic E-state index is -0.240. The Labute approximate surface area is 125 Å². The van der Waals surface area contributed by atoms with Crippen molar-refractivity contribution in [3.05, 3.63) is 59.4 Å². The molecular weight excluding hydrogens is 286 g/mol. The van der Waals surface area contributed by atoms with E-state index in [0.29, 0.717) is 17.4 Å². The van der Waals surface area contributed by atoms with Crippen LogP contribution in [0.5, 0.6) is 0 Å². The Balaban J connectivity index is 1.64. The van der Waals surface area contributed by atoms with Gasteiger partial charge in [0.15, 0.2) is 5.13 Å². The van der Waals surface area contributed by atoms with E-state index in [2.05, 4.69) is 15.4 Å². The van der Waals surface area contributed by atoms with Gasteiger partial charge in [0, 0.05) is 23.7 Å². The Bertz CT molecular complexity index is 750. The van der Waals surface area contributed by atoms with Gasteiger partial charge in [0.25, 0.3) is 5.91 Å². The summed E-state index contributed by atoms with van der Waals surface area (Å²) in [5.74, 6) is -0.240. The Morgan fingerprint density at radius 1 is 1.33 bits per heavy atom. The van der Waals surface area contributed by atoms with Gasteiger partial charge >= 0.3 is 0 Å². The number of hydrogen-bond donors (Lipinski definition) is 2. The lowest BCUT2D eigenvalue weighted by atomic mass is 10.3. The smallest absolute Gasteiger partial charge is 0.271 e. The van der Waals surface area contributed by atoms with Crippen molar-refractivity contribution in [2.75, 3.05) is 5.73 Å². The van der Waals surface area contributed by atoms with E-state index in [1.165, 1.54) is 11.3 Å². The number of thiazole rings is 1. The summed E-state index contributed by atoms with van der Waals surface area (Å²) in [6, 6.07) is 9.78. The maximum absolute atomic E-state index is 11.9. The summed E-state index contributed by atoms with van der Waals surface area (Å²) in [6.07, 6.45) is 3.60. The van der Waals surface area contributed by atoms with E-state index in [-0.39, 0.29) is 5.91 Å². The Hall–Kier alpha value is -2.67. The molecule has 7 heteroatoms. The summed E-state index contributed by atoms with van der Waals surface area (Å²) in [5.41, 5.74) is 7.73. The van der Waals surface area contributed by atoms with Crippen LogP contribution in [-0.2, 0) is 6.54 Å². The molecule has 3 aromatic rings. The molecule has 0 aliphatic heterocycles. The number of nitrogens with two attached hydrogens (primary N) is 1. The number of para-hydroxylation sites is 1. The number of hydrogen-bond acceptors (Lipinski definition) is 5. The molecule has 0 saturated heterocycles. The first-order valence-corrected chi connectivity index (χ1v) is 7.18. The third-order valence-corrected chi connectivity index (χ3v) is 3.54. The molecule has 3 rings (SSSR count). The Morgan fingerprint density at radius 3 is 2.86 bits per heavy atom. The topological polar surface area (TPSA) is 85.8 Å². The number of aromatic nitrogens is 3. The molecule has 0 unspecified atom stereocenters. The number of nitrogens with one attached hydrogen (secondary N) is 1. The number of benzene rings is 1. The van der Waals surface area contributed by atoms with E-state index >= 15 is 0 Å². The van der Waals surface area contributed by atoms with Crippen molar-refractivity contribution in [3.63, 3.8) is 0 Å². The average molecular weight is 299 g/mol. The summed E-state index contributed by atoms with van der Waals surface area (Å²) in [5, 5.41) is 9.09. The monoisotopic (exact) mass is 299 g/mol. The van der Waals surface area contributed by atoms with E-state index in [1.54, 1.807) is 16.3 Å². The molecule has 0 fully saturated rings. The summed E-state index contributed by atoms with van der Waals surface area (Å²) in [4.78, 5) is 15.8. The molecule has 0 spiro atoms. The summed E-state index contributed by atoms with van der Waals surface area (Å²) in [6.45, 7) is 0.392. The van der Waals surface area contributed by atoms with Crippen molar-refractivity contribution >= 4 is 22.4 Å². The van der Waals surface area contributed by atoms with Crippen molar-refractivity contribution < 1.29 is 4.79 Å². The minimum Gasteiger partial charge on any atom is -0.375 e. The number of nitrogens with zero attached hydrogens (tertiary/aromatic N) is 3. The van der Waals surface area contributed by atoms with Crippen LogP contribution >= 0.6 is 11.3 Å². The normalized spacial score (nSPS) is 10.5. The number of anilines is 1. The van der Waals surface area contributed by atoms with Gasteiger partial charge in [-0.05, 0) is 12.1 Å². The van der Waals surface area contributed by atoms with Crippen LogP contribution in [0.4, 0.5) is 5.13 Å². The first kappa shape index (κ1) is 13.3. The molecular formula is C14H13N5OS. The molecule has 0 saturated carbocycles. The SMILES string of the molecule is Nc1nc(C(=O)NCc2cnn(-c3ccccc3)c2)cs1. The molecule has 0 bridgehead atoms. The first-order chi connectivity index (χ1) is 10.2. The van der Waals surface area contributed by atoms with Crippen molar-refractivity contribution in [2.45, 2.75) is 6.54 Å². The molecule has 6 nitrogen and oxygen atoms in total. The number of carbonyl (C=O) groups is 1. The number of nitrogen functional groups attached to an aromatic ring is 1. The second kappa shape index (κ2) is 5.76. The van der Waals surface area contributed by atoms with Gasteiger partial charge in [-0.3, -0.25) is 4.79 Å². The quantitative estimate of drug-likeness (QED) is 0.769. The minimum absolute atomic E-state index is 0.240. The second-order valence-electron chi connectivity index (χ2n) is 4.38. The highest BCUT2D eigenvalue weighted by Crippen LogP contribution is 2.11. The molecule has 21 heavy (non-hydrogen) atoms. The van der Waals surface area contributed by atoms with E-state index in [4.69, 9.17) is 5.73 Å². The van der Waals surface area contributed by atoms with Crippen LogP contribution < -0.4 is 11.1 Å². The van der Waals surface area contributed by atoms with Crippen LogP contribution in [0.15, 0.2) is 48.1 Å². The standard InChI is InChI=1S/C14H13N5OS/c15-14-18-12(9-21-14)13(20)16-6-10-7-17-19(8-10)11-4-2-1-3-5-11/h1-5,7-9H,6H2,(H2,15,18)(H,16,20). The van der Waals surface area contributed by atoms with Crippen molar-refractivity contribution in [1.82, 2.24) is 20.1 Å². The van der Waals surface area contributed by atoms with Gasteiger partial charge in [-0.15, -0.1) is 11.3 Å². The van der Waals surface area contributed by atoms with Crippen LogP contribution in [0.25, 0.3) is 5.69 Å². The van der Waals surface area contributed by atoms with E-state index in [9.17, 15) is 4.79 Å². The number of amides is 1. The van der Waals surface area contributed by atoms with Crippen LogP contribution in [0.2, 0.25) is 0 Å². The predicted molar refractivity (Wildman–Crippen MR) is 81.3 cm³/mol. The molecule has 1 aromatic carbocycles. The van der Waals surface area contributed by atoms with Crippen molar-refractivity contribution in [1.29, 1.82) is 0 Å². The lowest BCUT2D eigenvalue weighted by molar-refractivity contribution is 0.0946. The van der Waals surface area contributed by atoms with Gasteiger partial charge in [-0.1, -0.05) is 18.2 Å². The van der Waals surface area contributed by atoms with E-state index in [1.807, 2.05) is 36.5 Å². The van der Waals surface area contributed by atoms with Crippen LogP contribution in [0.1, 0.15) is 16.1 Å². The third-order valence-electron chi connectivity index (χ3n) is 2.86. The van der Waals surface area contributed by atoms with E-state index in [0.717, 1.165) is 11.3 Å². The fraction of sp³-hybridized carbons (Fsp3) is 0.0714. The molecule has 2 heterocycles. The third kappa shape index (κ3) is 3.09. The van der Waals surface area contributed by atoms with Gasteiger partial charge in [0.2, 0.25) is 0 Å².